The minimum Gasteiger partial charge on any atom is -0.461 e. The summed E-state index contributed by atoms with van der Waals surface area (Å²) in [5.41, 5.74) is -0.486. The van der Waals surface area contributed by atoms with Crippen LogP contribution in [0, 0.1) is 29.9 Å². The fourth-order valence-corrected chi connectivity index (χ4v) is 9.21. The van der Waals surface area contributed by atoms with Gasteiger partial charge in [0.25, 0.3) is 0 Å². The Labute approximate surface area is 307 Å². The van der Waals surface area contributed by atoms with Gasteiger partial charge in [-0.2, -0.15) is 9.97 Å². The second-order valence-electron chi connectivity index (χ2n) is 15.3. The van der Waals surface area contributed by atoms with E-state index in [1.165, 1.54) is 24.4 Å². The third-order valence-corrected chi connectivity index (χ3v) is 11.7. The molecule has 4 fully saturated rings. The zero-order valence-electron chi connectivity index (χ0n) is 30.3. The molecule has 0 aliphatic carbocycles. The van der Waals surface area contributed by atoms with Gasteiger partial charge in [0.05, 0.1) is 22.4 Å². The zero-order valence-corrected chi connectivity index (χ0v) is 30.3. The minimum atomic E-state index is -0.929. The summed E-state index contributed by atoms with van der Waals surface area (Å²) < 4.78 is 59.4. The second-order valence-corrected chi connectivity index (χ2v) is 15.3. The number of esters is 1. The highest BCUT2D eigenvalue weighted by molar-refractivity contribution is 6.03. The number of ether oxygens (including phenoxy) is 2. The molecule has 9 nitrogen and oxygen atoms in total. The lowest BCUT2D eigenvalue weighted by atomic mass is 9.95. The first-order chi connectivity index (χ1) is 25.7. The van der Waals surface area contributed by atoms with Crippen LogP contribution in [0.2, 0.25) is 0 Å². The van der Waals surface area contributed by atoms with Crippen LogP contribution in [0.25, 0.3) is 32.9 Å². The largest absolute Gasteiger partial charge is 0.461 e. The van der Waals surface area contributed by atoms with Crippen LogP contribution < -0.4 is 19.7 Å². The molecule has 2 aromatic heterocycles. The highest BCUT2D eigenvalue weighted by Gasteiger charge is 2.49. The first-order valence-corrected chi connectivity index (χ1v) is 19.0. The fraction of sp³-hybridized carbons (Fsp3) is 0.512. The predicted molar refractivity (Wildman–Crippen MR) is 198 cm³/mol. The number of carbonyl (C=O) groups is 1. The summed E-state index contributed by atoms with van der Waals surface area (Å²) in [6.07, 6.45) is 13.6. The van der Waals surface area contributed by atoms with Gasteiger partial charge < -0.3 is 19.7 Å². The molecule has 4 aromatic rings. The Morgan fingerprint density at radius 3 is 2.62 bits per heavy atom. The van der Waals surface area contributed by atoms with Gasteiger partial charge in [-0.25, -0.2) is 13.2 Å². The topological polar surface area (TPSA) is 92.7 Å². The van der Waals surface area contributed by atoms with Crippen LogP contribution in [0.5, 0.6) is 11.8 Å². The third kappa shape index (κ3) is 6.56. The molecule has 2 aromatic carbocycles. The summed E-state index contributed by atoms with van der Waals surface area (Å²) in [5.74, 6) is 1.04. The number of rotatable bonds is 11. The van der Waals surface area contributed by atoms with Gasteiger partial charge in [0, 0.05) is 55.3 Å². The molecule has 6 heterocycles. The van der Waals surface area contributed by atoms with E-state index in [1.54, 1.807) is 6.07 Å². The molecule has 8 rings (SSSR count). The SMILES string of the molecule is C#Cc1c(F)ccc2cc(OC(=O)C(CCC)CCC)cc(-c3ncc4c(N5CC6CCC(C5)N6)nc(OC[C@@]56CCCN5C[C@H](F)C6)nc4c3F)c12. The molecule has 1 N–H and O–H groups in total. The average molecular weight is 727 g/mol. The molecular weight excluding hydrogens is 681 g/mol. The number of halogens is 3. The number of fused-ring (bicyclic) bond motifs is 5. The first-order valence-electron chi connectivity index (χ1n) is 19.0. The van der Waals surface area contributed by atoms with Crippen LogP contribution in [0.4, 0.5) is 19.0 Å². The van der Waals surface area contributed by atoms with Gasteiger partial charge in [-0.1, -0.05) is 38.7 Å². The van der Waals surface area contributed by atoms with E-state index < -0.39 is 23.3 Å². The number of terminal acetylenes is 1. The molecule has 278 valence electrons. The maximum Gasteiger partial charge on any atom is 0.319 e. The van der Waals surface area contributed by atoms with Crippen molar-refractivity contribution >= 4 is 33.5 Å². The molecule has 0 saturated carbocycles. The van der Waals surface area contributed by atoms with Crippen LogP contribution in [-0.2, 0) is 4.79 Å². The van der Waals surface area contributed by atoms with Gasteiger partial charge >= 0.3 is 12.0 Å². The lowest BCUT2D eigenvalue weighted by Gasteiger charge is -2.34. The number of anilines is 1. The highest BCUT2D eigenvalue weighted by Crippen LogP contribution is 2.42. The number of benzene rings is 2. The molecule has 4 atom stereocenters. The van der Waals surface area contributed by atoms with E-state index in [4.69, 9.17) is 20.9 Å². The Bertz CT molecular complexity index is 2090. The second kappa shape index (κ2) is 14.4. The van der Waals surface area contributed by atoms with Gasteiger partial charge in [-0.15, -0.1) is 6.42 Å². The van der Waals surface area contributed by atoms with E-state index in [-0.39, 0.29) is 70.1 Å². The number of hydrogen-bond donors (Lipinski definition) is 1. The van der Waals surface area contributed by atoms with Crippen LogP contribution in [-0.4, -0.2) is 82.4 Å². The Hall–Kier alpha value is -4.47. The standard InChI is InChI=1S/C41H45F3N6O3/c1-4-8-24(9-5-2)39(51)53-29-16-25-10-13-33(43)30(6-3)34(25)31(17-29)36-35(44)37-32(19-45-36)38(49-21-27-11-12-28(22-49)46-27)48-40(47-37)52-23-41-14-7-15-50(41)20-26(42)18-41/h3,10,13,16-17,19,24,26-28,46H,4-5,7-9,11-12,14-15,18,20-23H2,1-2H3/t26-,27?,28?,41+/m1/s1. The zero-order chi connectivity index (χ0) is 36.9. The smallest absolute Gasteiger partial charge is 0.319 e. The van der Waals surface area contributed by atoms with Gasteiger partial charge in [0.2, 0.25) is 0 Å². The number of nitrogens with zero attached hydrogens (tertiary/aromatic N) is 5. The van der Waals surface area contributed by atoms with Crippen molar-refractivity contribution in [2.75, 3.05) is 37.7 Å². The summed E-state index contributed by atoms with van der Waals surface area (Å²) in [6.45, 7) is 6.75. The number of alkyl halides is 1. The number of nitrogens with one attached hydrogen (secondary N) is 1. The van der Waals surface area contributed by atoms with E-state index in [9.17, 15) is 9.18 Å². The van der Waals surface area contributed by atoms with Crippen molar-refractivity contribution in [1.82, 2.24) is 25.2 Å². The number of piperazine rings is 1. The van der Waals surface area contributed by atoms with E-state index in [2.05, 4.69) is 31.0 Å². The normalized spacial score (nSPS) is 23.9. The summed E-state index contributed by atoms with van der Waals surface area (Å²) in [5, 5.41) is 4.77. The molecule has 53 heavy (non-hydrogen) atoms. The Kier molecular flexibility index (Phi) is 9.66. The average Bonchev–Trinajstić information content (AvgIpc) is 3.80. The third-order valence-electron chi connectivity index (χ3n) is 11.7. The predicted octanol–water partition coefficient (Wildman–Crippen LogP) is 7.12. The maximum absolute atomic E-state index is 17.3. The molecule has 0 amide bonds. The van der Waals surface area contributed by atoms with Gasteiger partial charge in [0.15, 0.2) is 5.82 Å². The number of pyridine rings is 1. The molecule has 2 bridgehead atoms. The van der Waals surface area contributed by atoms with Crippen molar-refractivity contribution in [1.29, 1.82) is 0 Å². The quantitative estimate of drug-likeness (QED) is 0.0986. The molecule has 12 heteroatoms. The maximum atomic E-state index is 17.3. The van der Waals surface area contributed by atoms with Crippen molar-refractivity contribution < 1.29 is 27.4 Å². The van der Waals surface area contributed by atoms with Crippen LogP contribution in [0.1, 0.15) is 77.2 Å². The minimum absolute atomic E-state index is 0.00116. The monoisotopic (exact) mass is 726 g/mol. The van der Waals surface area contributed by atoms with Crippen molar-refractivity contribution in [2.45, 2.75) is 95.4 Å². The Morgan fingerprint density at radius 2 is 1.89 bits per heavy atom. The molecular formula is C41H45F3N6O3. The van der Waals surface area contributed by atoms with E-state index in [1.807, 2.05) is 13.8 Å². The van der Waals surface area contributed by atoms with Gasteiger partial charge in [-0.3, -0.25) is 14.7 Å². The van der Waals surface area contributed by atoms with Gasteiger partial charge in [0.1, 0.15) is 41.4 Å². The summed E-state index contributed by atoms with van der Waals surface area (Å²) in [7, 11) is 0. The lowest BCUT2D eigenvalue weighted by Crippen LogP contribution is -2.51. The van der Waals surface area contributed by atoms with Gasteiger partial charge in [-0.05, 0) is 68.7 Å². The van der Waals surface area contributed by atoms with Crippen LogP contribution >= 0.6 is 0 Å². The lowest BCUT2D eigenvalue weighted by molar-refractivity contribution is -0.139. The van der Waals surface area contributed by atoms with E-state index in [0.29, 0.717) is 55.5 Å². The van der Waals surface area contributed by atoms with Crippen molar-refractivity contribution in [3.8, 4) is 35.4 Å². The van der Waals surface area contributed by atoms with Crippen molar-refractivity contribution in [3.05, 3.63) is 47.7 Å². The number of carbonyl (C=O) groups excluding carboxylic acids is 1. The Balaban J connectivity index is 1.25. The number of aromatic nitrogens is 3. The van der Waals surface area contributed by atoms with Crippen LogP contribution in [0.3, 0.4) is 0 Å². The van der Waals surface area contributed by atoms with E-state index >= 15 is 8.78 Å². The van der Waals surface area contributed by atoms with Crippen LogP contribution in [0.15, 0.2) is 30.5 Å². The molecule has 4 aliphatic rings. The molecule has 4 saturated heterocycles. The first kappa shape index (κ1) is 35.6. The summed E-state index contributed by atoms with van der Waals surface area (Å²) >= 11 is 0. The van der Waals surface area contributed by atoms with Crippen molar-refractivity contribution in [3.63, 3.8) is 0 Å². The number of hydrogen-bond acceptors (Lipinski definition) is 9. The summed E-state index contributed by atoms with van der Waals surface area (Å²) in [6, 6.07) is 6.44. The molecule has 4 aliphatic heterocycles. The molecule has 0 radical (unpaired) electrons. The van der Waals surface area contributed by atoms with E-state index in [0.717, 1.165) is 45.1 Å². The molecule has 2 unspecified atom stereocenters. The molecule has 0 spiro atoms. The Morgan fingerprint density at radius 1 is 1.11 bits per heavy atom. The summed E-state index contributed by atoms with van der Waals surface area (Å²) in [4.78, 5) is 31.7. The fourth-order valence-electron chi connectivity index (χ4n) is 9.21. The van der Waals surface area contributed by atoms with Crippen molar-refractivity contribution in [2.24, 2.45) is 5.92 Å². The highest BCUT2D eigenvalue weighted by atomic mass is 19.1.